The van der Waals surface area contributed by atoms with Gasteiger partial charge in [-0.05, 0) is 42.5 Å². The predicted molar refractivity (Wildman–Crippen MR) is 87.2 cm³/mol. The third-order valence-corrected chi connectivity index (χ3v) is 3.44. The Bertz CT molecular complexity index is 738. The smallest absolute Gasteiger partial charge is 0.221 e. The standard InChI is InChI=1S/C17H18N6/c1-12(2)6-7-13-8-9-15(19-11-13)17-22-20-16(21-23-17)14-5-3-4-10-18-14/h3-5,8-12H,6-7H2,1-2H3. The highest BCUT2D eigenvalue weighted by Crippen LogP contribution is 2.14. The van der Waals surface area contributed by atoms with Gasteiger partial charge in [0, 0.05) is 12.4 Å². The van der Waals surface area contributed by atoms with E-state index in [1.807, 2.05) is 30.5 Å². The number of hydrogen-bond donors (Lipinski definition) is 0. The van der Waals surface area contributed by atoms with Crippen molar-refractivity contribution in [2.24, 2.45) is 5.92 Å². The Morgan fingerprint density at radius 3 is 2.04 bits per heavy atom. The molecule has 6 heteroatoms. The fourth-order valence-electron chi connectivity index (χ4n) is 2.09. The van der Waals surface area contributed by atoms with E-state index in [9.17, 15) is 0 Å². The number of pyridine rings is 2. The summed E-state index contributed by atoms with van der Waals surface area (Å²) in [6, 6.07) is 9.50. The van der Waals surface area contributed by atoms with E-state index in [0.717, 1.165) is 12.8 Å². The minimum absolute atomic E-state index is 0.405. The van der Waals surface area contributed by atoms with Crippen molar-refractivity contribution in [1.29, 1.82) is 0 Å². The van der Waals surface area contributed by atoms with Crippen molar-refractivity contribution in [3.63, 3.8) is 0 Å². The van der Waals surface area contributed by atoms with Crippen LogP contribution in [0, 0.1) is 5.92 Å². The molecule has 3 heterocycles. The molecule has 0 saturated carbocycles. The van der Waals surface area contributed by atoms with Gasteiger partial charge in [0.2, 0.25) is 11.6 Å². The molecule has 3 aromatic rings. The second-order valence-corrected chi connectivity index (χ2v) is 5.75. The molecule has 116 valence electrons. The molecule has 3 aromatic heterocycles. The predicted octanol–water partition coefficient (Wildman–Crippen LogP) is 2.98. The van der Waals surface area contributed by atoms with Gasteiger partial charge >= 0.3 is 0 Å². The van der Waals surface area contributed by atoms with Crippen molar-refractivity contribution in [1.82, 2.24) is 30.4 Å². The molecule has 0 bridgehead atoms. The molecule has 0 aliphatic carbocycles. The van der Waals surface area contributed by atoms with Gasteiger partial charge in [0.05, 0.1) is 0 Å². The van der Waals surface area contributed by atoms with Gasteiger partial charge in [0.25, 0.3) is 0 Å². The van der Waals surface area contributed by atoms with Gasteiger partial charge in [-0.15, -0.1) is 20.4 Å². The average molecular weight is 306 g/mol. The Balaban J connectivity index is 1.74. The van der Waals surface area contributed by atoms with Crippen LogP contribution in [0.4, 0.5) is 0 Å². The summed E-state index contributed by atoms with van der Waals surface area (Å²) in [5.41, 5.74) is 2.54. The molecule has 0 aliphatic rings. The van der Waals surface area contributed by atoms with Gasteiger partial charge in [-0.3, -0.25) is 9.97 Å². The molecule has 0 fully saturated rings. The van der Waals surface area contributed by atoms with Gasteiger partial charge in [-0.25, -0.2) is 0 Å². The first kappa shape index (κ1) is 15.1. The van der Waals surface area contributed by atoms with Crippen molar-refractivity contribution in [2.75, 3.05) is 0 Å². The maximum atomic E-state index is 4.41. The normalized spacial score (nSPS) is 10.9. The first-order chi connectivity index (χ1) is 11.2. The van der Waals surface area contributed by atoms with E-state index in [0.29, 0.717) is 29.0 Å². The van der Waals surface area contributed by atoms with Crippen molar-refractivity contribution in [3.05, 3.63) is 48.3 Å². The van der Waals surface area contributed by atoms with E-state index < -0.39 is 0 Å². The lowest BCUT2D eigenvalue weighted by molar-refractivity contribution is 0.586. The van der Waals surface area contributed by atoms with Gasteiger partial charge < -0.3 is 0 Å². The second-order valence-electron chi connectivity index (χ2n) is 5.75. The topological polar surface area (TPSA) is 77.3 Å². The number of hydrogen-bond acceptors (Lipinski definition) is 6. The van der Waals surface area contributed by atoms with Crippen molar-refractivity contribution in [2.45, 2.75) is 26.7 Å². The summed E-state index contributed by atoms with van der Waals surface area (Å²) in [6.07, 6.45) is 5.73. The summed E-state index contributed by atoms with van der Waals surface area (Å²) >= 11 is 0. The number of rotatable bonds is 5. The summed E-state index contributed by atoms with van der Waals surface area (Å²) in [6.45, 7) is 4.44. The van der Waals surface area contributed by atoms with E-state index in [1.165, 1.54) is 5.56 Å². The quantitative estimate of drug-likeness (QED) is 0.721. The van der Waals surface area contributed by atoms with Crippen LogP contribution >= 0.6 is 0 Å². The summed E-state index contributed by atoms with van der Waals surface area (Å²) in [5, 5.41) is 16.4. The SMILES string of the molecule is CC(C)CCc1ccc(-c2nnc(-c3ccccn3)nn2)nc1. The van der Waals surface area contributed by atoms with Crippen LogP contribution in [0.2, 0.25) is 0 Å². The summed E-state index contributed by atoms with van der Waals surface area (Å²) in [5.74, 6) is 1.51. The van der Waals surface area contributed by atoms with Crippen molar-refractivity contribution in [3.8, 4) is 23.0 Å². The molecule has 0 atom stereocenters. The number of aromatic nitrogens is 6. The highest BCUT2D eigenvalue weighted by molar-refractivity contribution is 5.50. The van der Waals surface area contributed by atoms with Gasteiger partial charge in [0.15, 0.2) is 0 Å². The zero-order valence-corrected chi connectivity index (χ0v) is 13.2. The Labute approximate surface area is 135 Å². The molecule has 23 heavy (non-hydrogen) atoms. The van der Waals surface area contributed by atoms with Crippen LogP contribution in [-0.4, -0.2) is 30.4 Å². The second kappa shape index (κ2) is 7.00. The van der Waals surface area contributed by atoms with Crippen LogP contribution in [0.3, 0.4) is 0 Å². The Morgan fingerprint density at radius 1 is 0.826 bits per heavy atom. The minimum Gasteiger partial charge on any atom is -0.253 e. The van der Waals surface area contributed by atoms with Crippen LogP contribution in [0.25, 0.3) is 23.0 Å². The van der Waals surface area contributed by atoms with Crippen LogP contribution in [0.15, 0.2) is 42.7 Å². The molecular formula is C17H18N6. The maximum Gasteiger partial charge on any atom is 0.221 e. The van der Waals surface area contributed by atoms with E-state index in [2.05, 4.69) is 50.3 Å². The molecule has 0 aliphatic heterocycles. The van der Waals surface area contributed by atoms with E-state index in [4.69, 9.17) is 0 Å². The van der Waals surface area contributed by atoms with Crippen LogP contribution in [0.1, 0.15) is 25.8 Å². The fraction of sp³-hybridized carbons (Fsp3) is 0.294. The third kappa shape index (κ3) is 3.91. The Kier molecular flexibility index (Phi) is 4.61. The molecule has 0 unspecified atom stereocenters. The molecule has 0 spiro atoms. The fourth-order valence-corrected chi connectivity index (χ4v) is 2.09. The zero-order valence-electron chi connectivity index (χ0n) is 13.2. The molecule has 0 amide bonds. The van der Waals surface area contributed by atoms with Gasteiger partial charge in [-0.1, -0.05) is 26.0 Å². The van der Waals surface area contributed by atoms with Crippen molar-refractivity contribution < 1.29 is 0 Å². The average Bonchev–Trinajstić information content (AvgIpc) is 2.61. The Morgan fingerprint density at radius 2 is 1.52 bits per heavy atom. The minimum atomic E-state index is 0.405. The lowest BCUT2D eigenvalue weighted by Gasteiger charge is -2.05. The van der Waals surface area contributed by atoms with Crippen molar-refractivity contribution >= 4 is 0 Å². The monoisotopic (exact) mass is 306 g/mol. The largest absolute Gasteiger partial charge is 0.253 e. The number of aryl methyl sites for hydroxylation is 1. The first-order valence-electron chi connectivity index (χ1n) is 7.66. The van der Waals surface area contributed by atoms with E-state index in [1.54, 1.807) is 6.20 Å². The molecular weight excluding hydrogens is 288 g/mol. The van der Waals surface area contributed by atoms with Crippen LogP contribution in [0.5, 0.6) is 0 Å². The summed E-state index contributed by atoms with van der Waals surface area (Å²) in [4.78, 5) is 8.59. The highest BCUT2D eigenvalue weighted by atomic mass is 15.3. The van der Waals surface area contributed by atoms with Gasteiger partial charge in [0.1, 0.15) is 11.4 Å². The first-order valence-corrected chi connectivity index (χ1v) is 7.66. The molecule has 0 radical (unpaired) electrons. The zero-order chi connectivity index (χ0) is 16.1. The lowest BCUT2D eigenvalue weighted by Crippen LogP contribution is -2.01. The van der Waals surface area contributed by atoms with E-state index in [-0.39, 0.29) is 0 Å². The third-order valence-electron chi connectivity index (χ3n) is 3.44. The molecule has 0 aromatic carbocycles. The Hall–Kier alpha value is -2.76. The number of nitrogens with zero attached hydrogens (tertiary/aromatic N) is 6. The van der Waals surface area contributed by atoms with Crippen LogP contribution in [-0.2, 0) is 6.42 Å². The molecule has 0 N–H and O–H groups in total. The van der Waals surface area contributed by atoms with Gasteiger partial charge in [-0.2, -0.15) is 0 Å². The molecule has 6 nitrogen and oxygen atoms in total. The highest BCUT2D eigenvalue weighted by Gasteiger charge is 2.08. The van der Waals surface area contributed by atoms with E-state index >= 15 is 0 Å². The lowest BCUT2D eigenvalue weighted by atomic mass is 10.0. The maximum absolute atomic E-state index is 4.41. The summed E-state index contributed by atoms with van der Waals surface area (Å²) in [7, 11) is 0. The summed E-state index contributed by atoms with van der Waals surface area (Å²) < 4.78 is 0. The molecule has 3 rings (SSSR count). The van der Waals surface area contributed by atoms with Crippen LogP contribution < -0.4 is 0 Å². The molecule has 0 saturated heterocycles.